The zero-order chi connectivity index (χ0) is 17.7. The summed E-state index contributed by atoms with van der Waals surface area (Å²) in [6, 6.07) is 10.4. The van der Waals surface area contributed by atoms with E-state index < -0.39 is 10.8 Å². The lowest BCUT2D eigenvalue weighted by molar-refractivity contribution is 0.582. The van der Waals surface area contributed by atoms with Crippen LogP contribution in [0.25, 0.3) is 16.7 Å². The zero-order valence-electron chi connectivity index (χ0n) is 14.4. The number of nitrogens with one attached hydrogen (secondary N) is 1. The first kappa shape index (κ1) is 18.0. The van der Waals surface area contributed by atoms with Gasteiger partial charge in [0.15, 0.2) is 5.65 Å². The van der Waals surface area contributed by atoms with Crippen molar-refractivity contribution in [3.8, 4) is 6.07 Å². The minimum Gasteiger partial charge on any atom is -0.355 e. The van der Waals surface area contributed by atoms with Crippen LogP contribution < -0.4 is 10.2 Å². The monoisotopic (exact) mass is 381 g/mol. The van der Waals surface area contributed by atoms with E-state index in [1.807, 2.05) is 24.3 Å². The van der Waals surface area contributed by atoms with Gasteiger partial charge in [0.1, 0.15) is 11.9 Å². The third kappa shape index (κ3) is 2.71. The van der Waals surface area contributed by atoms with E-state index in [1.54, 1.807) is 0 Å². The summed E-state index contributed by atoms with van der Waals surface area (Å²) in [6.07, 6.45) is 0.684. The predicted molar refractivity (Wildman–Crippen MR) is 110 cm³/mol. The number of anilines is 1. The zero-order valence-corrected chi connectivity index (χ0v) is 15.2. The summed E-state index contributed by atoms with van der Waals surface area (Å²) in [5.41, 5.74) is 5.39. The van der Waals surface area contributed by atoms with E-state index >= 15 is 0 Å². The van der Waals surface area contributed by atoms with Crippen LogP contribution in [0.15, 0.2) is 24.3 Å². The summed E-state index contributed by atoms with van der Waals surface area (Å²) in [4.78, 5) is 7.15. The summed E-state index contributed by atoms with van der Waals surface area (Å²) in [6.45, 7) is 3.64. The quantitative estimate of drug-likeness (QED) is 0.700. The summed E-state index contributed by atoms with van der Waals surface area (Å²) < 4.78 is 14.5. The minimum absolute atomic E-state index is 0. The summed E-state index contributed by atoms with van der Waals surface area (Å²) in [5, 5.41) is 13.3. The van der Waals surface area contributed by atoms with Crippen molar-refractivity contribution in [2.45, 2.75) is 19.6 Å². The number of nitriles is 1. The lowest BCUT2D eigenvalue weighted by Gasteiger charge is -2.34. The molecule has 140 valence electrons. The van der Waals surface area contributed by atoms with Gasteiger partial charge in [-0.1, -0.05) is 19.6 Å². The summed E-state index contributed by atoms with van der Waals surface area (Å²) in [5.74, 6) is 2.22. The van der Waals surface area contributed by atoms with Crippen LogP contribution in [-0.2, 0) is 23.0 Å². The topological polar surface area (TPSA) is 73.4 Å². The van der Waals surface area contributed by atoms with Crippen molar-refractivity contribution in [2.75, 3.05) is 36.8 Å². The number of hydrogen-bond donors (Lipinski definition) is 1. The summed E-state index contributed by atoms with van der Waals surface area (Å²) in [7, 11) is -0.876. The second-order valence-electron chi connectivity index (χ2n) is 6.80. The Bertz CT molecular complexity index is 1090. The van der Waals surface area contributed by atoms with Crippen LogP contribution in [0.5, 0.6) is 0 Å². The maximum Gasteiger partial charge on any atom is 0.157 e. The molecular weight excluding hydrogens is 358 g/mol. The number of benzene rings is 1. The first-order valence-electron chi connectivity index (χ1n) is 8.93. The van der Waals surface area contributed by atoms with Crippen molar-refractivity contribution in [1.82, 2.24) is 14.7 Å². The number of fused-ring (bicyclic) bond motifs is 4. The van der Waals surface area contributed by atoms with E-state index in [9.17, 15) is 9.47 Å². The van der Waals surface area contributed by atoms with Gasteiger partial charge in [-0.15, -0.1) is 0 Å². The Balaban J connectivity index is 0.00000180. The Morgan fingerprint density at radius 3 is 2.74 bits per heavy atom. The Hall–Kier alpha value is -2.43. The molecule has 2 aliphatic rings. The standard InChI is InChI=1S/C19H19N5OS.CH4/c20-11-14-13-5-10-26(25)12-15(13)19(23-8-6-21-7-9-23)24-17-4-2-1-3-16(17)22-18(14)24;/h1-4,21H,5-10,12H2;1H4. The molecule has 6 nitrogen and oxygen atoms in total. The molecule has 2 aliphatic heterocycles. The van der Waals surface area contributed by atoms with Gasteiger partial charge in [0, 0.05) is 48.3 Å². The number of para-hydroxylation sites is 2. The maximum absolute atomic E-state index is 12.4. The highest BCUT2D eigenvalue weighted by Gasteiger charge is 2.29. The van der Waals surface area contributed by atoms with Gasteiger partial charge in [0.05, 0.1) is 22.3 Å². The van der Waals surface area contributed by atoms with Crippen LogP contribution in [0.4, 0.5) is 5.82 Å². The van der Waals surface area contributed by atoms with Crippen LogP contribution in [0.2, 0.25) is 0 Å². The third-order valence-electron chi connectivity index (χ3n) is 5.35. The largest absolute Gasteiger partial charge is 0.355 e. The number of imidazole rings is 1. The van der Waals surface area contributed by atoms with Crippen molar-refractivity contribution < 1.29 is 4.21 Å². The molecule has 1 aromatic carbocycles. The number of rotatable bonds is 1. The lowest BCUT2D eigenvalue weighted by Crippen LogP contribution is -2.45. The van der Waals surface area contributed by atoms with E-state index in [0.717, 1.165) is 59.8 Å². The Kier molecular flexibility index (Phi) is 4.62. The van der Waals surface area contributed by atoms with Crippen LogP contribution in [-0.4, -0.2) is 45.5 Å². The molecule has 1 fully saturated rings. The van der Waals surface area contributed by atoms with E-state index in [-0.39, 0.29) is 7.43 Å². The molecule has 0 saturated carbocycles. The molecule has 5 rings (SSSR count). The molecule has 1 atom stereocenters. The summed E-state index contributed by atoms with van der Waals surface area (Å²) >= 11 is 0. The fraction of sp³-hybridized carbons (Fsp3) is 0.400. The second kappa shape index (κ2) is 6.95. The molecular formula is C20H23N5OS. The molecule has 0 aliphatic carbocycles. The number of pyridine rings is 1. The van der Waals surface area contributed by atoms with Crippen molar-refractivity contribution in [3.63, 3.8) is 0 Å². The van der Waals surface area contributed by atoms with Gasteiger partial charge >= 0.3 is 0 Å². The molecule has 2 aromatic heterocycles. The molecule has 1 unspecified atom stereocenters. The highest BCUT2D eigenvalue weighted by Crippen LogP contribution is 2.36. The van der Waals surface area contributed by atoms with Crippen LogP contribution >= 0.6 is 0 Å². The highest BCUT2D eigenvalue weighted by atomic mass is 32.2. The van der Waals surface area contributed by atoms with E-state index in [4.69, 9.17) is 4.98 Å². The van der Waals surface area contributed by atoms with Gasteiger partial charge in [-0.2, -0.15) is 5.26 Å². The average molecular weight is 382 g/mol. The second-order valence-corrected chi connectivity index (χ2v) is 8.38. The van der Waals surface area contributed by atoms with E-state index in [0.29, 0.717) is 23.5 Å². The van der Waals surface area contributed by atoms with Crippen molar-refractivity contribution in [1.29, 1.82) is 5.26 Å². The number of nitrogens with zero attached hydrogens (tertiary/aromatic N) is 4. The van der Waals surface area contributed by atoms with Gasteiger partial charge in [0.25, 0.3) is 0 Å². The fourth-order valence-corrected chi connectivity index (χ4v) is 5.37. The van der Waals surface area contributed by atoms with Gasteiger partial charge in [-0.25, -0.2) is 4.98 Å². The molecule has 27 heavy (non-hydrogen) atoms. The molecule has 0 amide bonds. The van der Waals surface area contributed by atoms with Crippen molar-refractivity contribution >= 4 is 33.3 Å². The number of hydrogen-bond acceptors (Lipinski definition) is 5. The van der Waals surface area contributed by atoms with Crippen LogP contribution in [0.1, 0.15) is 24.1 Å². The molecule has 7 heteroatoms. The number of aromatic nitrogens is 2. The lowest BCUT2D eigenvalue weighted by atomic mass is 10.0. The van der Waals surface area contributed by atoms with E-state index in [2.05, 4.69) is 20.7 Å². The number of piperazine rings is 1. The molecule has 4 heterocycles. The van der Waals surface area contributed by atoms with Crippen molar-refractivity contribution in [3.05, 3.63) is 41.0 Å². The average Bonchev–Trinajstić information content (AvgIpc) is 3.05. The van der Waals surface area contributed by atoms with Crippen LogP contribution in [0.3, 0.4) is 0 Å². The maximum atomic E-state index is 12.4. The Morgan fingerprint density at radius 2 is 1.96 bits per heavy atom. The van der Waals surface area contributed by atoms with Crippen molar-refractivity contribution in [2.24, 2.45) is 0 Å². The van der Waals surface area contributed by atoms with E-state index in [1.165, 1.54) is 0 Å². The first-order chi connectivity index (χ1) is 12.8. The third-order valence-corrected chi connectivity index (χ3v) is 6.62. The Morgan fingerprint density at radius 1 is 1.19 bits per heavy atom. The van der Waals surface area contributed by atoms with Gasteiger partial charge < -0.3 is 10.2 Å². The minimum atomic E-state index is -0.876. The molecule has 1 saturated heterocycles. The normalized spacial score (nSPS) is 19.5. The van der Waals surface area contributed by atoms with Crippen LogP contribution in [0, 0.1) is 11.3 Å². The molecule has 0 bridgehead atoms. The smallest absolute Gasteiger partial charge is 0.157 e. The molecule has 0 radical (unpaired) electrons. The molecule has 3 aromatic rings. The first-order valence-corrected chi connectivity index (χ1v) is 10.4. The fourth-order valence-electron chi connectivity index (χ4n) is 4.17. The highest BCUT2D eigenvalue weighted by molar-refractivity contribution is 7.84. The molecule has 1 N–H and O–H groups in total. The van der Waals surface area contributed by atoms with Gasteiger partial charge in [0.2, 0.25) is 0 Å². The SMILES string of the molecule is C.N#Cc1c2c(c(N3CCNCC3)n3c1nc1ccccc13)CS(=O)CC2. The van der Waals surface area contributed by atoms with Gasteiger partial charge in [-0.3, -0.25) is 8.61 Å². The predicted octanol–water partition coefficient (Wildman–Crippen LogP) is 2.21. The Labute approximate surface area is 161 Å². The molecule has 0 spiro atoms. The van der Waals surface area contributed by atoms with Gasteiger partial charge in [-0.05, 0) is 24.1 Å².